The van der Waals surface area contributed by atoms with Crippen LogP contribution in [0.15, 0.2) is 36.4 Å². The number of nitrogens with one attached hydrogen (secondary N) is 1. The number of amides is 1. The SMILES string of the molecule is COCCC1CCCC2(C1)NC(=O)C(c1c(C)ccc(-c3ccc(Cl)cc3)c1C)C2=O. The van der Waals surface area contributed by atoms with E-state index in [1.54, 1.807) is 7.11 Å². The maximum absolute atomic E-state index is 13.8. The number of ketones is 1. The minimum absolute atomic E-state index is 0.0408. The summed E-state index contributed by atoms with van der Waals surface area (Å²) in [4.78, 5) is 27.0. The van der Waals surface area contributed by atoms with Gasteiger partial charge in [-0.15, -0.1) is 0 Å². The van der Waals surface area contributed by atoms with Crippen LogP contribution in [0.5, 0.6) is 0 Å². The molecule has 1 saturated heterocycles. The molecular weight excluding hydrogens is 410 g/mol. The summed E-state index contributed by atoms with van der Waals surface area (Å²) in [6.07, 6.45) is 4.41. The van der Waals surface area contributed by atoms with Crippen molar-refractivity contribution in [3.05, 3.63) is 58.1 Å². The van der Waals surface area contributed by atoms with Gasteiger partial charge in [0.15, 0.2) is 5.78 Å². The first kappa shape index (κ1) is 22.0. The van der Waals surface area contributed by atoms with Crippen LogP contribution in [-0.4, -0.2) is 30.9 Å². The fourth-order valence-electron chi connectivity index (χ4n) is 5.54. The molecule has 2 aromatic carbocycles. The van der Waals surface area contributed by atoms with Crippen molar-refractivity contribution >= 4 is 23.3 Å². The highest BCUT2D eigenvalue weighted by Crippen LogP contribution is 2.44. The van der Waals surface area contributed by atoms with Gasteiger partial charge in [0.2, 0.25) is 5.91 Å². The summed E-state index contributed by atoms with van der Waals surface area (Å²) in [5.41, 5.74) is 4.15. The van der Waals surface area contributed by atoms with Crippen molar-refractivity contribution in [3.63, 3.8) is 0 Å². The van der Waals surface area contributed by atoms with Gasteiger partial charge in [-0.25, -0.2) is 0 Å². The van der Waals surface area contributed by atoms with Gasteiger partial charge in [-0.2, -0.15) is 0 Å². The Kier molecular flexibility index (Phi) is 6.23. The zero-order valence-corrected chi connectivity index (χ0v) is 19.2. The lowest BCUT2D eigenvalue weighted by atomic mass is 9.71. The number of benzene rings is 2. The van der Waals surface area contributed by atoms with Crippen molar-refractivity contribution in [3.8, 4) is 11.1 Å². The lowest BCUT2D eigenvalue weighted by molar-refractivity contribution is -0.126. The fourth-order valence-corrected chi connectivity index (χ4v) is 5.66. The Balaban J connectivity index is 1.70. The molecule has 3 atom stereocenters. The molecule has 2 fully saturated rings. The van der Waals surface area contributed by atoms with Gasteiger partial charge >= 0.3 is 0 Å². The molecule has 1 aliphatic carbocycles. The average molecular weight is 440 g/mol. The van der Waals surface area contributed by atoms with Crippen LogP contribution >= 0.6 is 11.6 Å². The first-order valence-electron chi connectivity index (χ1n) is 11.1. The van der Waals surface area contributed by atoms with Crippen molar-refractivity contribution < 1.29 is 14.3 Å². The van der Waals surface area contributed by atoms with E-state index in [0.29, 0.717) is 24.0 Å². The van der Waals surface area contributed by atoms with Gasteiger partial charge in [-0.3, -0.25) is 9.59 Å². The van der Waals surface area contributed by atoms with E-state index in [1.165, 1.54) is 0 Å². The number of carbonyl (C=O) groups excluding carboxylic acids is 2. The quantitative estimate of drug-likeness (QED) is 0.637. The highest BCUT2D eigenvalue weighted by molar-refractivity contribution is 6.30. The molecule has 4 rings (SSSR count). The van der Waals surface area contributed by atoms with Crippen LogP contribution in [0.25, 0.3) is 11.1 Å². The predicted molar refractivity (Wildman–Crippen MR) is 123 cm³/mol. The van der Waals surface area contributed by atoms with Crippen molar-refractivity contribution in [2.45, 2.75) is 57.4 Å². The Hall–Kier alpha value is -2.17. The zero-order chi connectivity index (χ0) is 22.2. The summed E-state index contributed by atoms with van der Waals surface area (Å²) < 4.78 is 5.25. The molecule has 1 heterocycles. The highest BCUT2D eigenvalue weighted by Gasteiger charge is 2.55. The Morgan fingerprint density at radius 2 is 1.87 bits per heavy atom. The van der Waals surface area contributed by atoms with Gasteiger partial charge in [0.25, 0.3) is 0 Å². The predicted octanol–water partition coefficient (Wildman–Crippen LogP) is 5.37. The first-order valence-corrected chi connectivity index (χ1v) is 11.5. The van der Waals surface area contributed by atoms with Crippen LogP contribution in [-0.2, 0) is 14.3 Å². The molecule has 2 aliphatic rings. The monoisotopic (exact) mass is 439 g/mol. The minimum Gasteiger partial charge on any atom is -0.385 e. The number of Topliss-reactive ketones (excluding diaryl/α,β-unsaturated/α-hetero) is 1. The van der Waals surface area contributed by atoms with Gasteiger partial charge in [0.05, 0.1) is 5.54 Å². The molecule has 3 unspecified atom stereocenters. The lowest BCUT2D eigenvalue weighted by Gasteiger charge is -2.36. The molecule has 1 aliphatic heterocycles. The summed E-state index contributed by atoms with van der Waals surface area (Å²) >= 11 is 6.06. The van der Waals surface area contributed by atoms with Crippen LogP contribution in [0.4, 0.5) is 0 Å². The lowest BCUT2D eigenvalue weighted by Crippen LogP contribution is -2.50. The Morgan fingerprint density at radius 3 is 2.58 bits per heavy atom. The van der Waals surface area contributed by atoms with E-state index >= 15 is 0 Å². The van der Waals surface area contributed by atoms with Crippen LogP contribution in [0.1, 0.15) is 54.7 Å². The van der Waals surface area contributed by atoms with Crippen molar-refractivity contribution in [2.24, 2.45) is 5.92 Å². The molecule has 4 nitrogen and oxygen atoms in total. The van der Waals surface area contributed by atoms with E-state index in [-0.39, 0.29) is 11.7 Å². The topological polar surface area (TPSA) is 55.4 Å². The Labute approximate surface area is 189 Å². The van der Waals surface area contributed by atoms with Gasteiger partial charge < -0.3 is 10.1 Å². The second-order valence-electron chi connectivity index (χ2n) is 9.09. The van der Waals surface area contributed by atoms with Crippen LogP contribution in [0.3, 0.4) is 0 Å². The smallest absolute Gasteiger partial charge is 0.235 e. The largest absolute Gasteiger partial charge is 0.385 e. The molecule has 164 valence electrons. The summed E-state index contributed by atoms with van der Waals surface area (Å²) in [5, 5.41) is 3.83. The molecule has 0 radical (unpaired) electrons. The van der Waals surface area contributed by atoms with Gasteiger partial charge in [-0.05, 0) is 79.0 Å². The van der Waals surface area contributed by atoms with Gasteiger partial charge in [-0.1, -0.05) is 48.7 Å². The number of halogens is 1. The van der Waals surface area contributed by atoms with E-state index in [1.807, 2.05) is 44.2 Å². The summed E-state index contributed by atoms with van der Waals surface area (Å²) in [6, 6.07) is 11.7. The molecule has 5 heteroatoms. The summed E-state index contributed by atoms with van der Waals surface area (Å²) in [7, 11) is 1.70. The minimum atomic E-state index is -0.742. The molecule has 1 saturated carbocycles. The first-order chi connectivity index (χ1) is 14.9. The van der Waals surface area contributed by atoms with E-state index in [2.05, 4.69) is 11.4 Å². The third-order valence-corrected chi connectivity index (χ3v) is 7.37. The van der Waals surface area contributed by atoms with E-state index in [0.717, 1.165) is 53.5 Å². The second kappa shape index (κ2) is 8.76. The molecular formula is C26H30ClNO3. The normalized spacial score (nSPS) is 25.8. The third kappa shape index (κ3) is 4.04. The second-order valence-corrected chi connectivity index (χ2v) is 9.52. The fraction of sp³-hybridized carbons (Fsp3) is 0.462. The maximum atomic E-state index is 13.8. The zero-order valence-electron chi connectivity index (χ0n) is 18.5. The van der Waals surface area contributed by atoms with Crippen molar-refractivity contribution in [1.82, 2.24) is 5.32 Å². The molecule has 2 aromatic rings. The Morgan fingerprint density at radius 1 is 1.13 bits per heavy atom. The van der Waals surface area contributed by atoms with Crippen LogP contribution in [0, 0.1) is 19.8 Å². The number of hydrogen-bond acceptors (Lipinski definition) is 3. The van der Waals surface area contributed by atoms with E-state index in [4.69, 9.17) is 16.3 Å². The third-order valence-electron chi connectivity index (χ3n) is 7.12. The standard InChI is InChI=1S/C26H30ClNO3/c1-16-6-11-21(19-7-9-20(27)10-8-19)17(2)22(16)23-24(29)26(28-25(23)30)13-4-5-18(15-26)12-14-31-3/h6-11,18,23H,4-5,12-15H2,1-3H3,(H,28,30). The van der Waals surface area contributed by atoms with Crippen molar-refractivity contribution in [2.75, 3.05) is 13.7 Å². The number of ether oxygens (including phenoxy) is 1. The molecule has 1 N–H and O–H groups in total. The van der Waals surface area contributed by atoms with Crippen molar-refractivity contribution in [1.29, 1.82) is 0 Å². The van der Waals surface area contributed by atoms with Crippen LogP contribution in [0.2, 0.25) is 5.02 Å². The van der Waals surface area contributed by atoms with Gasteiger partial charge in [0.1, 0.15) is 5.92 Å². The Bertz CT molecular complexity index is 1000. The molecule has 0 bridgehead atoms. The average Bonchev–Trinajstić information content (AvgIpc) is 2.97. The highest BCUT2D eigenvalue weighted by atomic mass is 35.5. The number of carbonyl (C=O) groups is 2. The molecule has 1 spiro atoms. The number of rotatable bonds is 5. The number of aryl methyl sites for hydroxylation is 1. The molecule has 1 amide bonds. The van der Waals surface area contributed by atoms with E-state index < -0.39 is 11.5 Å². The van der Waals surface area contributed by atoms with E-state index in [9.17, 15) is 9.59 Å². The summed E-state index contributed by atoms with van der Waals surface area (Å²) in [5.74, 6) is -0.455. The number of methoxy groups -OCH3 is 1. The molecule has 31 heavy (non-hydrogen) atoms. The molecule has 0 aromatic heterocycles. The summed E-state index contributed by atoms with van der Waals surface area (Å²) in [6.45, 7) is 4.69. The van der Waals surface area contributed by atoms with Gasteiger partial charge in [0, 0.05) is 18.7 Å². The van der Waals surface area contributed by atoms with Crippen LogP contribution < -0.4 is 5.32 Å². The maximum Gasteiger partial charge on any atom is 0.235 e. The number of hydrogen-bond donors (Lipinski definition) is 1.